The van der Waals surface area contributed by atoms with Gasteiger partial charge < -0.3 is 15.4 Å². The van der Waals surface area contributed by atoms with Gasteiger partial charge in [-0.15, -0.1) is 0 Å². The van der Waals surface area contributed by atoms with Crippen molar-refractivity contribution in [2.45, 2.75) is 25.7 Å². The van der Waals surface area contributed by atoms with Gasteiger partial charge in [-0.2, -0.15) is 0 Å². The third kappa shape index (κ3) is 5.58. The van der Waals surface area contributed by atoms with E-state index in [2.05, 4.69) is 10.6 Å². The van der Waals surface area contributed by atoms with E-state index in [0.29, 0.717) is 0 Å². The minimum absolute atomic E-state index is 0.827. The first-order valence-electron chi connectivity index (χ1n) is 5.84. The van der Waals surface area contributed by atoms with Crippen molar-refractivity contribution in [3.63, 3.8) is 0 Å². The molecule has 84 valence electrons. The third-order valence-electron chi connectivity index (χ3n) is 2.91. The van der Waals surface area contributed by atoms with Crippen molar-refractivity contribution in [1.29, 1.82) is 0 Å². The van der Waals surface area contributed by atoms with Gasteiger partial charge in [0.15, 0.2) is 0 Å². The summed E-state index contributed by atoms with van der Waals surface area (Å²) in [6, 6.07) is 0. The van der Waals surface area contributed by atoms with Gasteiger partial charge in [-0.3, -0.25) is 0 Å². The van der Waals surface area contributed by atoms with Crippen molar-refractivity contribution in [3.8, 4) is 0 Å². The zero-order valence-corrected chi connectivity index (χ0v) is 9.35. The van der Waals surface area contributed by atoms with Crippen LogP contribution in [0, 0.1) is 5.92 Å². The minimum atomic E-state index is 0.827. The monoisotopic (exact) mass is 200 g/mol. The average Bonchev–Trinajstić information content (AvgIpc) is 2.25. The third-order valence-corrected chi connectivity index (χ3v) is 2.91. The highest BCUT2D eigenvalue weighted by Crippen LogP contribution is 2.16. The summed E-state index contributed by atoms with van der Waals surface area (Å²) in [5.41, 5.74) is 0. The lowest BCUT2D eigenvalue weighted by atomic mass is 9.93. The van der Waals surface area contributed by atoms with E-state index in [0.717, 1.165) is 25.6 Å². The summed E-state index contributed by atoms with van der Waals surface area (Å²) in [6.07, 6.45) is 5.45. The lowest BCUT2D eigenvalue weighted by Gasteiger charge is -2.22. The van der Waals surface area contributed by atoms with Crippen LogP contribution in [0.4, 0.5) is 0 Å². The molecule has 1 aliphatic heterocycles. The number of ether oxygens (including phenoxy) is 1. The summed E-state index contributed by atoms with van der Waals surface area (Å²) in [5.74, 6) is 0.973. The van der Waals surface area contributed by atoms with Crippen LogP contribution in [0.1, 0.15) is 25.7 Å². The molecule has 1 heterocycles. The Morgan fingerprint density at radius 1 is 1.29 bits per heavy atom. The zero-order chi connectivity index (χ0) is 10.1. The fraction of sp³-hybridized carbons (Fsp3) is 1.00. The van der Waals surface area contributed by atoms with Crippen molar-refractivity contribution in [2.24, 2.45) is 5.92 Å². The Morgan fingerprint density at radius 2 is 2.07 bits per heavy atom. The zero-order valence-electron chi connectivity index (χ0n) is 9.35. The normalized spacial score (nSPS) is 18.6. The fourth-order valence-corrected chi connectivity index (χ4v) is 1.99. The number of nitrogens with one attached hydrogen (secondary N) is 2. The molecule has 1 aliphatic rings. The maximum atomic E-state index is 4.97. The standard InChI is InChI=1S/C11H24N2O/c1-14-10-9-12-6-2-3-11-4-7-13-8-5-11/h11-13H,2-10H2,1H3. The molecule has 2 N–H and O–H groups in total. The SMILES string of the molecule is COCCNCCCC1CCNCC1. The number of rotatable bonds is 7. The molecule has 0 bridgehead atoms. The van der Waals surface area contributed by atoms with Crippen LogP contribution in [0.3, 0.4) is 0 Å². The predicted octanol–water partition coefficient (Wildman–Crippen LogP) is 1.00. The molecule has 1 rings (SSSR count). The molecule has 0 aromatic carbocycles. The Labute approximate surface area is 87.6 Å². The van der Waals surface area contributed by atoms with Gasteiger partial charge in [0.05, 0.1) is 6.61 Å². The maximum absolute atomic E-state index is 4.97. The number of hydrogen-bond acceptors (Lipinski definition) is 3. The van der Waals surface area contributed by atoms with Gasteiger partial charge in [0.1, 0.15) is 0 Å². The van der Waals surface area contributed by atoms with E-state index < -0.39 is 0 Å². The van der Waals surface area contributed by atoms with Crippen LogP contribution >= 0.6 is 0 Å². The van der Waals surface area contributed by atoms with Gasteiger partial charge in [0.25, 0.3) is 0 Å². The highest BCUT2D eigenvalue weighted by molar-refractivity contribution is 4.68. The van der Waals surface area contributed by atoms with Gasteiger partial charge in [-0.05, 0) is 51.2 Å². The highest BCUT2D eigenvalue weighted by Gasteiger charge is 2.11. The molecule has 0 unspecified atom stereocenters. The molecule has 0 aromatic heterocycles. The van der Waals surface area contributed by atoms with E-state index in [1.54, 1.807) is 7.11 Å². The molecule has 1 saturated heterocycles. The van der Waals surface area contributed by atoms with Crippen LogP contribution < -0.4 is 10.6 Å². The first kappa shape index (κ1) is 12.0. The number of piperidine rings is 1. The number of hydrogen-bond donors (Lipinski definition) is 2. The molecule has 0 aliphatic carbocycles. The van der Waals surface area contributed by atoms with Crippen LogP contribution in [0.5, 0.6) is 0 Å². The van der Waals surface area contributed by atoms with Crippen molar-refractivity contribution in [2.75, 3.05) is 39.9 Å². The maximum Gasteiger partial charge on any atom is 0.0587 e. The van der Waals surface area contributed by atoms with E-state index >= 15 is 0 Å². The quantitative estimate of drug-likeness (QED) is 0.602. The van der Waals surface area contributed by atoms with Gasteiger partial charge in [-0.25, -0.2) is 0 Å². The van der Waals surface area contributed by atoms with E-state index in [4.69, 9.17) is 4.74 Å². The molecule has 0 spiro atoms. The molecule has 0 saturated carbocycles. The predicted molar refractivity (Wildman–Crippen MR) is 59.6 cm³/mol. The summed E-state index contributed by atoms with van der Waals surface area (Å²) in [4.78, 5) is 0. The molecule has 0 radical (unpaired) electrons. The average molecular weight is 200 g/mol. The minimum Gasteiger partial charge on any atom is -0.383 e. The second-order valence-electron chi connectivity index (χ2n) is 4.08. The van der Waals surface area contributed by atoms with Gasteiger partial charge in [0.2, 0.25) is 0 Å². The fourth-order valence-electron chi connectivity index (χ4n) is 1.99. The van der Waals surface area contributed by atoms with E-state index in [-0.39, 0.29) is 0 Å². The molecule has 14 heavy (non-hydrogen) atoms. The van der Waals surface area contributed by atoms with Crippen LogP contribution in [-0.2, 0) is 4.74 Å². The Bertz CT molecular complexity index is 124. The van der Waals surface area contributed by atoms with Gasteiger partial charge >= 0.3 is 0 Å². The second kappa shape index (κ2) is 8.21. The molecule has 1 fully saturated rings. The Hall–Kier alpha value is -0.120. The Balaban J connectivity index is 1.82. The van der Waals surface area contributed by atoms with Crippen molar-refractivity contribution < 1.29 is 4.74 Å². The summed E-state index contributed by atoms with van der Waals surface area (Å²) >= 11 is 0. The van der Waals surface area contributed by atoms with Crippen LogP contribution in [-0.4, -0.2) is 39.9 Å². The molecular formula is C11H24N2O. The topological polar surface area (TPSA) is 33.3 Å². The van der Waals surface area contributed by atoms with Crippen LogP contribution in [0.2, 0.25) is 0 Å². The summed E-state index contributed by atoms with van der Waals surface area (Å²) < 4.78 is 4.97. The first-order chi connectivity index (χ1) is 6.93. The molecular weight excluding hydrogens is 176 g/mol. The van der Waals surface area contributed by atoms with Crippen molar-refractivity contribution >= 4 is 0 Å². The smallest absolute Gasteiger partial charge is 0.0587 e. The van der Waals surface area contributed by atoms with Gasteiger partial charge in [0, 0.05) is 13.7 Å². The molecule has 0 atom stereocenters. The first-order valence-corrected chi connectivity index (χ1v) is 5.84. The van der Waals surface area contributed by atoms with E-state index in [9.17, 15) is 0 Å². The number of methoxy groups -OCH3 is 1. The molecule has 0 aromatic rings. The van der Waals surface area contributed by atoms with Crippen molar-refractivity contribution in [1.82, 2.24) is 10.6 Å². The molecule has 0 amide bonds. The largest absolute Gasteiger partial charge is 0.383 e. The van der Waals surface area contributed by atoms with E-state index in [1.807, 2.05) is 0 Å². The Morgan fingerprint density at radius 3 is 2.79 bits per heavy atom. The summed E-state index contributed by atoms with van der Waals surface area (Å²) in [6.45, 7) is 5.41. The highest BCUT2D eigenvalue weighted by atomic mass is 16.5. The molecule has 3 heteroatoms. The van der Waals surface area contributed by atoms with Crippen LogP contribution in [0.25, 0.3) is 0 Å². The summed E-state index contributed by atoms with van der Waals surface area (Å²) in [7, 11) is 1.75. The van der Waals surface area contributed by atoms with Crippen molar-refractivity contribution in [3.05, 3.63) is 0 Å². The summed E-state index contributed by atoms with van der Waals surface area (Å²) in [5, 5.41) is 6.79. The lowest BCUT2D eigenvalue weighted by molar-refractivity contribution is 0.199. The Kier molecular flexibility index (Phi) is 7.01. The van der Waals surface area contributed by atoms with E-state index in [1.165, 1.54) is 38.8 Å². The second-order valence-corrected chi connectivity index (χ2v) is 4.08. The van der Waals surface area contributed by atoms with Crippen LogP contribution in [0.15, 0.2) is 0 Å². The lowest BCUT2D eigenvalue weighted by Crippen LogP contribution is -2.28. The molecule has 3 nitrogen and oxygen atoms in total. The van der Waals surface area contributed by atoms with Gasteiger partial charge in [-0.1, -0.05) is 0 Å².